The summed E-state index contributed by atoms with van der Waals surface area (Å²) in [5.74, 6) is 5.27. The van der Waals surface area contributed by atoms with Crippen LogP contribution in [0.15, 0.2) is 0 Å². The minimum absolute atomic E-state index is 0.0395. The standard InChI is InChI=1S/C28H48O2/c1-18(2)8-6-9-19(3)22-10-7-11-23-21-16-25-28(30-25)17-20(29)12-15-27(28,5)24(21)13-14-26(22,23)4/h18-25,29H,6-17H2,1-5H3/t19-,20+,21-,22-,23+,24-,25-,26-,27+,28+/m0/s1. The normalized spacial score (nSPS) is 53.3. The Labute approximate surface area is 185 Å². The van der Waals surface area contributed by atoms with Gasteiger partial charge in [-0.05, 0) is 85.9 Å². The number of aliphatic hydroxyl groups excluding tert-OH is 1. The van der Waals surface area contributed by atoms with Gasteiger partial charge in [-0.3, -0.25) is 0 Å². The third-order valence-corrected chi connectivity index (χ3v) is 11.5. The molecule has 30 heavy (non-hydrogen) atoms. The molecule has 1 saturated heterocycles. The zero-order chi connectivity index (χ0) is 21.3. The molecule has 1 heterocycles. The Morgan fingerprint density at radius 1 is 0.967 bits per heavy atom. The predicted octanol–water partition coefficient (Wildman–Crippen LogP) is 6.99. The van der Waals surface area contributed by atoms with Crippen molar-refractivity contribution in [3.05, 3.63) is 0 Å². The molecule has 5 fully saturated rings. The quantitative estimate of drug-likeness (QED) is 0.490. The number of aliphatic hydroxyl groups is 1. The first-order valence-corrected chi connectivity index (χ1v) is 13.6. The van der Waals surface area contributed by atoms with Crippen LogP contribution in [0.2, 0.25) is 0 Å². The van der Waals surface area contributed by atoms with E-state index in [1.165, 1.54) is 64.2 Å². The van der Waals surface area contributed by atoms with Crippen LogP contribution in [0.1, 0.15) is 112 Å². The van der Waals surface area contributed by atoms with Gasteiger partial charge in [0.1, 0.15) is 5.60 Å². The summed E-state index contributed by atoms with van der Waals surface area (Å²) in [7, 11) is 0. The Bertz CT molecular complexity index is 645. The Hall–Kier alpha value is -0.0800. The van der Waals surface area contributed by atoms with Gasteiger partial charge >= 0.3 is 0 Å². The number of hydrogen-bond donors (Lipinski definition) is 1. The van der Waals surface area contributed by atoms with Crippen molar-refractivity contribution in [1.82, 2.24) is 0 Å². The Morgan fingerprint density at radius 3 is 2.53 bits per heavy atom. The lowest BCUT2D eigenvalue weighted by molar-refractivity contribution is -0.145. The van der Waals surface area contributed by atoms with Crippen molar-refractivity contribution in [1.29, 1.82) is 0 Å². The van der Waals surface area contributed by atoms with Crippen molar-refractivity contribution in [3.8, 4) is 0 Å². The second-order valence-electron chi connectivity index (χ2n) is 13.3. The minimum atomic E-state index is -0.126. The second kappa shape index (κ2) is 7.47. The van der Waals surface area contributed by atoms with Gasteiger partial charge in [0.05, 0.1) is 12.2 Å². The molecule has 2 heteroatoms. The molecule has 1 N–H and O–H groups in total. The van der Waals surface area contributed by atoms with Crippen LogP contribution < -0.4 is 0 Å². The zero-order valence-electron chi connectivity index (χ0n) is 20.5. The van der Waals surface area contributed by atoms with Gasteiger partial charge in [0.15, 0.2) is 0 Å². The van der Waals surface area contributed by atoms with Gasteiger partial charge in [-0.1, -0.05) is 60.3 Å². The van der Waals surface area contributed by atoms with E-state index >= 15 is 0 Å². The van der Waals surface area contributed by atoms with E-state index in [0.717, 1.165) is 48.3 Å². The van der Waals surface area contributed by atoms with Crippen molar-refractivity contribution in [3.63, 3.8) is 0 Å². The molecular weight excluding hydrogens is 368 g/mol. The summed E-state index contributed by atoms with van der Waals surface area (Å²) < 4.78 is 6.54. The topological polar surface area (TPSA) is 32.8 Å². The molecule has 0 amide bonds. The average molecular weight is 417 g/mol. The van der Waals surface area contributed by atoms with Crippen LogP contribution in [0.5, 0.6) is 0 Å². The van der Waals surface area contributed by atoms with Crippen molar-refractivity contribution in [2.45, 2.75) is 129 Å². The molecule has 4 aliphatic carbocycles. The van der Waals surface area contributed by atoms with Gasteiger partial charge in [0.2, 0.25) is 0 Å². The van der Waals surface area contributed by atoms with Crippen molar-refractivity contribution in [2.24, 2.45) is 46.3 Å². The predicted molar refractivity (Wildman–Crippen MR) is 123 cm³/mol. The van der Waals surface area contributed by atoms with Crippen molar-refractivity contribution < 1.29 is 9.84 Å². The molecule has 2 nitrogen and oxygen atoms in total. The number of fused-ring (bicyclic) bond motifs is 4. The van der Waals surface area contributed by atoms with E-state index in [-0.39, 0.29) is 11.7 Å². The van der Waals surface area contributed by atoms with Crippen LogP contribution >= 0.6 is 0 Å². The Morgan fingerprint density at radius 2 is 1.77 bits per heavy atom. The van der Waals surface area contributed by atoms with Gasteiger partial charge in [0, 0.05) is 11.8 Å². The first-order valence-electron chi connectivity index (χ1n) is 13.6. The summed E-state index contributed by atoms with van der Waals surface area (Å²) in [6, 6.07) is 0. The maximum Gasteiger partial charge on any atom is 0.103 e. The summed E-state index contributed by atoms with van der Waals surface area (Å²) >= 11 is 0. The minimum Gasteiger partial charge on any atom is -0.393 e. The molecule has 10 atom stereocenters. The molecule has 172 valence electrons. The van der Waals surface area contributed by atoms with Crippen LogP contribution in [-0.2, 0) is 4.74 Å². The number of rotatable bonds is 5. The summed E-state index contributed by atoms with van der Waals surface area (Å²) in [4.78, 5) is 0. The highest BCUT2D eigenvalue weighted by atomic mass is 16.6. The first kappa shape index (κ1) is 21.7. The smallest absolute Gasteiger partial charge is 0.103 e. The third-order valence-electron chi connectivity index (χ3n) is 11.5. The summed E-state index contributed by atoms with van der Waals surface area (Å²) in [6.45, 7) is 12.6. The lowest BCUT2D eigenvalue weighted by Gasteiger charge is -2.63. The van der Waals surface area contributed by atoms with Crippen LogP contribution in [0.3, 0.4) is 0 Å². The lowest BCUT2D eigenvalue weighted by atomic mass is 9.41. The SMILES string of the molecule is CC(C)CCC[C@H](C)[C@@H]1CCC[C@@H]2[C@@H]3C[C@@H]4O[C@]45C[C@H](O)CC[C@]5(C)[C@H]3CC[C@]21C. The van der Waals surface area contributed by atoms with E-state index in [4.69, 9.17) is 4.74 Å². The second-order valence-corrected chi connectivity index (χ2v) is 13.3. The van der Waals surface area contributed by atoms with E-state index in [9.17, 15) is 5.11 Å². The molecule has 5 aliphatic rings. The number of hydrogen-bond acceptors (Lipinski definition) is 2. The van der Waals surface area contributed by atoms with Crippen molar-refractivity contribution in [2.75, 3.05) is 0 Å². The van der Waals surface area contributed by atoms with Gasteiger partial charge in [-0.2, -0.15) is 0 Å². The first-order chi connectivity index (χ1) is 14.2. The summed E-state index contributed by atoms with van der Waals surface area (Å²) in [5, 5.41) is 10.4. The van der Waals surface area contributed by atoms with E-state index < -0.39 is 0 Å². The van der Waals surface area contributed by atoms with Crippen LogP contribution in [0.25, 0.3) is 0 Å². The molecule has 0 unspecified atom stereocenters. The average Bonchev–Trinajstić information content (AvgIpc) is 3.38. The Balaban J connectivity index is 1.35. The van der Waals surface area contributed by atoms with Gasteiger partial charge in [-0.25, -0.2) is 0 Å². The summed E-state index contributed by atoms with van der Waals surface area (Å²) in [5.41, 5.74) is 0.908. The molecular formula is C28H48O2. The van der Waals surface area contributed by atoms with Crippen LogP contribution in [-0.4, -0.2) is 22.9 Å². The van der Waals surface area contributed by atoms with Crippen LogP contribution in [0.4, 0.5) is 0 Å². The zero-order valence-corrected chi connectivity index (χ0v) is 20.5. The monoisotopic (exact) mass is 416 g/mol. The molecule has 0 aromatic rings. The van der Waals surface area contributed by atoms with Crippen LogP contribution in [0, 0.1) is 46.3 Å². The Kier molecular flexibility index (Phi) is 5.42. The highest BCUT2D eigenvalue weighted by Crippen LogP contribution is 2.73. The lowest BCUT2D eigenvalue weighted by Crippen LogP contribution is -2.60. The number of epoxide rings is 1. The molecule has 4 saturated carbocycles. The van der Waals surface area contributed by atoms with E-state index in [1.807, 2.05) is 0 Å². The summed E-state index contributed by atoms with van der Waals surface area (Å²) in [6.07, 6.45) is 16.2. The van der Waals surface area contributed by atoms with E-state index in [0.29, 0.717) is 16.9 Å². The van der Waals surface area contributed by atoms with E-state index in [1.54, 1.807) is 0 Å². The molecule has 1 aliphatic heterocycles. The van der Waals surface area contributed by atoms with Crippen molar-refractivity contribution >= 4 is 0 Å². The fourth-order valence-corrected chi connectivity index (χ4v) is 9.88. The maximum absolute atomic E-state index is 10.4. The molecule has 0 aromatic heterocycles. The van der Waals surface area contributed by atoms with Gasteiger partial charge in [-0.15, -0.1) is 0 Å². The molecule has 0 aromatic carbocycles. The van der Waals surface area contributed by atoms with E-state index in [2.05, 4.69) is 34.6 Å². The highest BCUT2D eigenvalue weighted by molar-refractivity contribution is 5.23. The molecule has 5 rings (SSSR count). The third kappa shape index (κ3) is 3.09. The molecule has 1 spiro atoms. The molecule has 0 bridgehead atoms. The maximum atomic E-state index is 10.4. The van der Waals surface area contributed by atoms with Gasteiger partial charge in [0.25, 0.3) is 0 Å². The largest absolute Gasteiger partial charge is 0.393 e. The highest BCUT2D eigenvalue weighted by Gasteiger charge is 2.75. The number of ether oxygens (including phenoxy) is 1. The fraction of sp³-hybridized carbons (Fsp3) is 1.00. The molecule has 0 radical (unpaired) electrons. The fourth-order valence-electron chi connectivity index (χ4n) is 9.88. The van der Waals surface area contributed by atoms with Gasteiger partial charge < -0.3 is 9.84 Å².